The van der Waals surface area contributed by atoms with E-state index in [1.165, 1.54) is 0 Å². The largest absolute Gasteiger partial charge is 0.328 e. The molecule has 2 aromatic heterocycles. The minimum atomic E-state index is -0.319. The maximum Gasteiger partial charge on any atom is 0.234 e. The molecule has 0 aromatic carbocycles. The molecule has 1 aliphatic carbocycles. The highest BCUT2D eigenvalue weighted by atomic mass is 35.5. The van der Waals surface area contributed by atoms with E-state index >= 15 is 0 Å². The van der Waals surface area contributed by atoms with Crippen molar-refractivity contribution in [1.29, 1.82) is 0 Å². The first kappa shape index (κ1) is 12.1. The van der Waals surface area contributed by atoms with E-state index in [4.69, 9.17) is 11.6 Å². The molecule has 0 N–H and O–H groups in total. The maximum absolute atomic E-state index is 12.5. The molecular weight excluding hydrogens is 268 g/mol. The third-order valence-electron chi connectivity index (χ3n) is 3.49. The van der Waals surface area contributed by atoms with E-state index in [1.807, 2.05) is 0 Å². The third kappa shape index (κ3) is 1.37. The van der Waals surface area contributed by atoms with Crippen LogP contribution in [0.1, 0.15) is 44.0 Å². The molecule has 2 heterocycles. The predicted molar refractivity (Wildman–Crippen MR) is 67.6 cm³/mol. The van der Waals surface area contributed by atoms with Gasteiger partial charge in [0.05, 0.1) is 5.88 Å². The van der Waals surface area contributed by atoms with Crippen molar-refractivity contribution in [3.8, 4) is 0 Å². The Kier molecular flexibility index (Phi) is 2.40. The van der Waals surface area contributed by atoms with Gasteiger partial charge in [0.25, 0.3) is 0 Å². The second-order valence-corrected chi connectivity index (χ2v) is 4.76. The van der Waals surface area contributed by atoms with Crippen molar-refractivity contribution in [2.24, 2.45) is 14.1 Å². The summed E-state index contributed by atoms with van der Waals surface area (Å²) >= 11 is 5.76. The van der Waals surface area contributed by atoms with Crippen LogP contribution in [0.15, 0.2) is 0 Å². The van der Waals surface area contributed by atoms with Gasteiger partial charge in [-0.1, -0.05) is 0 Å². The van der Waals surface area contributed by atoms with Crippen LogP contribution in [-0.2, 0) is 20.0 Å². The van der Waals surface area contributed by atoms with E-state index in [1.54, 1.807) is 30.2 Å². The highest BCUT2D eigenvalue weighted by molar-refractivity contribution is 6.26. The zero-order valence-corrected chi connectivity index (χ0v) is 11.4. The van der Waals surface area contributed by atoms with Gasteiger partial charge < -0.3 is 9.13 Å². The molecule has 98 valence electrons. The molecule has 1 aliphatic rings. The van der Waals surface area contributed by atoms with Crippen LogP contribution in [0, 0.1) is 6.92 Å². The lowest BCUT2D eigenvalue weighted by atomic mass is 9.99. The summed E-state index contributed by atoms with van der Waals surface area (Å²) in [6, 6.07) is 0. The summed E-state index contributed by atoms with van der Waals surface area (Å²) < 4.78 is 3.21. The van der Waals surface area contributed by atoms with Crippen molar-refractivity contribution in [1.82, 2.24) is 19.1 Å². The van der Waals surface area contributed by atoms with Gasteiger partial charge in [0.2, 0.25) is 11.6 Å². The number of aromatic nitrogens is 4. The Hall–Kier alpha value is -1.95. The standard InChI is InChI=1S/C12H11ClN4O2/c1-5-14-7-9(16(5)2)12(19)10-8(11(7)18)15-6(4-13)17(10)3/h4H2,1-3H3. The summed E-state index contributed by atoms with van der Waals surface area (Å²) in [5.74, 6) is 0.710. The third-order valence-corrected chi connectivity index (χ3v) is 3.73. The number of rotatable bonds is 1. The number of hydrogen-bond donors (Lipinski definition) is 0. The number of ketones is 2. The fourth-order valence-corrected chi connectivity index (χ4v) is 2.57. The molecule has 0 bridgehead atoms. The molecule has 7 heteroatoms. The molecule has 19 heavy (non-hydrogen) atoms. The molecule has 0 aliphatic heterocycles. The van der Waals surface area contributed by atoms with Crippen LogP contribution in [0.5, 0.6) is 0 Å². The van der Waals surface area contributed by atoms with Gasteiger partial charge >= 0.3 is 0 Å². The molecule has 0 saturated carbocycles. The smallest absolute Gasteiger partial charge is 0.234 e. The number of carbonyl (C=O) groups is 2. The molecule has 0 fully saturated rings. The average Bonchev–Trinajstić information content (AvgIpc) is 2.86. The Morgan fingerprint density at radius 3 is 2.21 bits per heavy atom. The van der Waals surface area contributed by atoms with Gasteiger partial charge in [-0.3, -0.25) is 9.59 Å². The van der Waals surface area contributed by atoms with Crippen LogP contribution in [0.4, 0.5) is 0 Å². The summed E-state index contributed by atoms with van der Waals surface area (Å²) in [6.07, 6.45) is 0. The lowest BCUT2D eigenvalue weighted by Gasteiger charge is -2.11. The molecule has 0 spiro atoms. The predicted octanol–water partition coefficient (Wildman–Crippen LogP) is 0.976. The fourth-order valence-electron chi connectivity index (χ4n) is 2.34. The summed E-state index contributed by atoms with van der Waals surface area (Å²) in [7, 11) is 3.40. The van der Waals surface area contributed by atoms with Crippen LogP contribution < -0.4 is 0 Å². The minimum Gasteiger partial charge on any atom is -0.328 e. The Morgan fingerprint density at radius 2 is 1.58 bits per heavy atom. The number of fused-ring (bicyclic) bond motifs is 2. The normalized spacial score (nSPS) is 13.7. The SMILES string of the molecule is Cc1nc2c(n1C)C(=O)c1c(nc(CCl)n1C)C2=O. The topological polar surface area (TPSA) is 69.8 Å². The lowest BCUT2D eigenvalue weighted by Crippen LogP contribution is -2.24. The Morgan fingerprint density at radius 1 is 1.00 bits per heavy atom. The Labute approximate surface area is 114 Å². The van der Waals surface area contributed by atoms with E-state index in [-0.39, 0.29) is 34.5 Å². The number of carbonyl (C=O) groups excluding carboxylic acids is 2. The van der Waals surface area contributed by atoms with Gasteiger partial charge in [-0.05, 0) is 6.92 Å². The van der Waals surface area contributed by atoms with Crippen LogP contribution in [0.25, 0.3) is 0 Å². The van der Waals surface area contributed by atoms with Crippen molar-refractivity contribution in [2.75, 3.05) is 0 Å². The van der Waals surface area contributed by atoms with Crippen molar-refractivity contribution in [3.05, 3.63) is 34.4 Å². The van der Waals surface area contributed by atoms with E-state index in [9.17, 15) is 9.59 Å². The van der Waals surface area contributed by atoms with E-state index in [0.29, 0.717) is 17.3 Å². The first-order valence-electron chi connectivity index (χ1n) is 5.71. The van der Waals surface area contributed by atoms with Crippen LogP contribution >= 0.6 is 11.6 Å². The van der Waals surface area contributed by atoms with E-state index in [2.05, 4.69) is 9.97 Å². The van der Waals surface area contributed by atoms with Crippen molar-refractivity contribution >= 4 is 23.2 Å². The number of nitrogens with zero attached hydrogens (tertiary/aromatic N) is 4. The molecule has 0 saturated heterocycles. The van der Waals surface area contributed by atoms with Gasteiger partial charge in [-0.15, -0.1) is 11.6 Å². The second-order valence-electron chi connectivity index (χ2n) is 4.49. The first-order chi connectivity index (χ1) is 8.97. The van der Waals surface area contributed by atoms with Crippen molar-refractivity contribution < 1.29 is 9.59 Å². The van der Waals surface area contributed by atoms with Crippen LogP contribution in [0.2, 0.25) is 0 Å². The minimum absolute atomic E-state index is 0.146. The van der Waals surface area contributed by atoms with Gasteiger partial charge in [0.1, 0.15) is 34.4 Å². The summed E-state index contributed by atoms with van der Waals surface area (Å²) in [4.78, 5) is 33.2. The summed E-state index contributed by atoms with van der Waals surface area (Å²) in [5.41, 5.74) is 0.931. The molecule has 0 atom stereocenters. The molecule has 2 aromatic rings. The molecule has 0 radical (unpaired) electrons. The maximum atomic E-state index is 12.5. The number of hydrogen-bond acceptors (Lipinski definition) is 4. The number of halogens is 1. The number of alkyl halides is 1. The van der Waals surface area contributed by atoms with Gasteiger partial charge in [0.15, 0.2) is 0 Å². The van der Waals surface area contributed by atoms with Gasteiger partial charge in [-0.2, -0.15) is 0 Å². The fraction of sp³-hybridized carbons (Fsp3) is 0.333. The summed E-state index contributed by atoms with van der Waals surface area (Å²) in [5, 5.41) is 0. The van der Waals surface area contributed by atoms with E-state index < -0.39 is 0 Å². The Bertz CT molecular complexity index is 741. The highest BCUT2D eigenvalue weighted by Crippen LogP contribution is 2.27. The average molecular weight is 279 g/mol. The molecule has 3 rings (SSSR count). The highest BCUT2D eigenvalue weighted by Gasteiger charge is 2.38. The van der Waals surface area contributed by atoms with Crippen LogP contribution in [-0.4, -0.2) is 30.7 Å². The molecule has 0 amide bonds. The molecule has 6 nitrogen and oxygen atoms in total. The number of imidazole rings is 2. The van der Waals surface area contributed by atoms with Crippen LogP contribution in [0.3, 0.4) is 0 Å². The number of aryl methyl sites for hydroxylation is 1. The van der Waals surface area contributed by atoms with Crippen molar-refractivity contribution in [2.45, 2.75) is 12.8 Å². The lowest BCUT2D eigenvalue weighted by molar-refractivity contribution is 0.0964. The summed E-state index contributed by atoms with van der Waals surface area (Å²) in [6.45, 7) is 1.75. The zero-order valence-electron chi connectivity index (χ0n) is 10.7. The van der Waals surface area contributed by atoms with Gasteiger partial charge in [-0.25, -0.2) is 9.97 Å². The van der Waals surface area contributed by atoms with Crippen molar-refractivity contribution in [3.63, 3.8) is 0 Å². The zero-order chi connectivity index (χ0) is 13.9. The molecule has 0 unspecified atom stereocenters. The monoisotopic (exact) mass is 278 g/mol. The Balaban J connectivity index is 2.34. The second kappa shape index (κ2) is 3.77. The quantitative estimate of drug-likeness (QED) is 0.622. The molecular formula is C12H11ClN4O2. The first-order valence-corrected chi connectivity index (χ1v) is 6.25. The van der Waals surface area contributed by atoms with Gasteiger partial charge in [0, 0.05) is 14.1 Å². The van der Waals surface area contributed by atoms with E-state index in [0.717, 1.165) is 0 Å².